The molecule has 0 N–H and O–H groups in total. The van der Waals surface area contributed by atoms with E-state index in [1.807, 2.05) is 25.7 Å². The Labute approximate surface area is 177 Å². The molecule has 1 fully saturated rings. The lowest BCUT2D eigenvalue weighted by molar-refractivity contribution is -0.127. The van der Waals surface area contributed by atoms with Gasteiger partial charge in [-0.2, -0.15) is 0 Å². The molecule has 0 radical (unpaired) electrons. The number of hydrogen-bond acceptors (Lipinski definition) is 4. The maximum Gasteiger partial charge on any atom is 0.410 e. The predicted molar refractivity (Wildman–Crippen MR) is 118 cm³/mol. The minimum Gasteiger partial charge on any atom is -0.444 e. The van der Waals surface area contributed by atoms with Crippen molar-refractivity contribution >= 4 is 33.4 Å². The van der Waals surface area contributed by atoms with E-state index in [1.165, 1.54) is 4.70 Å². The minimum atomic E-state index is -0.515. The maximum absolute atomic E-state index is 12.9. The fourth-order valence-electron chi connectivity index (χ4n) is 3.79. The molecule has 1 aromatic carbocycles. The van der Waals surface area contributed by atoms with Gasteiger partial charge in [-0.1, -0.05) is 13.0 Å². The molecule has 158 valence electrons. The van der Waals surface area contributed by atoms with Crippen molar-refractivity contribution in [3.8, 4) is 0 Å². The van der Waals surface area contributed by atoms with Crippen LogP contribution in [0.3, 0.4) is 0 Å². The Balaban J connectivity index is 1.92. The third-order valence-corrected chi connectivity index (χ3v) is 6.36. The Hall–Kier alpha value is -2.08. The normalized spacial score (nSPS) is 20.0. The van der Waals surface area contributed by atoms with Crippen molar-refractivity contribution in [3.05, 3.63) is 34.7 Å². The van der Waals surface area contributed by atoms with E-state index >= 15 is 0 Å². The van der Waals surface area contributed by atoms with Crippen LogP contribution in [-0.4, -0.2) is 48.0 Å². The van der Waals surface area contributed by atoms with Crippen LogP contribution >= 0.6 is 11.3 Å². The van der Waals surface area contributed by atoms with Gasteiger partial charge in [-0.3, -0.25) is 4.79 Å². The lowest BCUT2D eigenvalue weighted by Crippen LogP contribution is -2.44. The third-order valence-electron chi connectivity index (χ3n) is 5.35. The molecule has 2 aromatic rings. The number of carbonyl (C=O) groups excluding carboxylic acids is 2. The SMILES string of the molecule is CC1CCC(c2ccc3scc(CC(=O)N(C)C)c3c2)N(C(=O)OC(C)(C)C)C1. The van der Waals surface area contributed by atoms with E-state index in [-0.39, 0.29) is 18.0 Å². The second kappa shape index (κ2) is 8.34. The highest BCUT2D eigenvalue weighted by Gasteiger charge is 2.34. The lowest BCUT2D eigenvalue weighted by Gasteiger charge is -2.39. The van der Waals surface area contributed by atoms with Gasteiger partial charge in [-0.15, -0.1) is 11.3 Å². The Morgan fingerprint density at radius 2 is 1.97 bits per heavy atom. The molecule has 1 aliphatic rings. The van der Waals surface area contributed by atoms with Crippen LogP contribution in [0.15, 0.2) is 23.6 Å². The number of ether oxygens (including phenoxy) is 1. The standard InChI is InChI=1S/C23H32N2O3S/c1-15-7-9-19(25(13-15)22(27)28-23(2,3)4)16-8-10-20-18(11-16)17(14-29-20)12-21(26)24(5)6/h8,10-11,14-15,19H,7,9,12-13H2,1-6H3. The Bertz CT molecular complexity index is 897. The number of hydrogen-bond donors (Lipinski definition) is 0. The third kappa shape index (κ3) is 5.10. The second-order valence-electron chi connectivity index (χ2n) is 9.31. The van der Waals surface area contributed by atoms with Gasteiger partial charge in [0.05, 0.1) is 12.5 Å². The highest BCUT2D eigenvalue weighted by Crippen LogP contribution is 2.37. The topological polar surface area (TPSA) is 49.9 Å². The van der Waals surface area contributed by atoms with Gasteiger partial charge in [0.15, 0.2) is 0 Å². The Morgan fingerprint density at radius 1 is 1.24 bits per heavy atom. The first-order valence-electron chi connectivity index (χ1n) is 10.2. The Morgan fingerprint density at radius 3 is 2.62 bits per heavy atom. The van der Waals surface area contributed by atoms with Crippen molar-refractivity contribution in [2.75, 3.05) is 20.6 Å². The van der Waals surface area contributed by atoms with Crippen LogP contribution in [0, 0.1) is 5.92 Å². The summed E-state index contributed by atoms with van der Waals surface area (Å²) in [5, 5.41) is 3.19. The van der Waals surface area contributed by atoms with Gasteiger partial charge >= 0.3 is 6.09 Å². The van der Waals surface area contributed by atoms with Gasteiger partial charge in [-0.25, -0.2) is 4.79 Å². The van der Waals surface area contributed by atoms with Gasteiger partial charge in [0.2, 0.25) is 5.91 Å². The largest absolute Gasteiger partial charge is 0.444 e. The van der Waals surface area contributed by atoms with Crippen molar-refractivity contribution in [1.82, 2.24) is 9.80 Å². The Kier molecular flexibility index (Phi) is 6.22. The van der Waals surface area contributed by atoms with Gasteiger partial charge in [-0.05, 0) is 73.6 Å². The van der Waals surface area contributed by atoms with Crippen LogP contribution in [0.2, 0.25) is 0 Å². The molecule has 0 spiro atoms. The molecule has 1 aromatic heterocycles. The van der Waals surface area contributed by atoms with E-state index in [1.54, 1.807) is 30.3 Å². The number of nitrogens with zero attached hydrogens (tertiary/aromatic N) is 2. The van der Waals surface area contributed by atoms with E-state index in [0.29, 0.717) is 18.9 Å². The summed E-state index contributed by atoms with van der Waals surface area (Å²) in [5.41, 5.74) is 1.66. The molecule has 2 unspecified atom stereocenters. The number of likely N-dealkylation sites (tertiary alicyclic amines) is 1. The van der Waals surface area contributed by atoms with E-state index in [9.17, 15) is 9.59 Å². The highest BCUT2D eigenvalue weighted by molar-refractivity contribution is 7.17. The van der Waals surface area contributed by atoms with Crippen molar-refractivity contribution in [3.63, 3.8) is 0 Å². The van der Waals surface area contributed by atoms with Crippen LogP contribution in [0.5, 0.6) is 0 Å². The molecule has 0 saturated carbocycles. The molecule has 0 bridgehead atoms. The quantitative estimate of drug-likeness (QED) is 0.687. The van der Waals surface area contributed by atoms with Crippen molar-refractivity contribution in [2.24, 2.45) is 5.92 Å². The average Bonchev–Trinajstić information content (AvgIpc) is 3.02. The lowest BCUT2D eigenvalue weighted by atomic mass is 9.89. The zero-order valence-electron chi connectivity index (χ0n) is 18.3. The summed E-state index contributed by atoms with van der Waals surface area (Å²) >= 11 is 1.66. The molecule has 6 heteroatoms. The van der Waals surface area contributed by atoms with E-state index in [4.69, 9.17) is 4.74 Å². The van der Waals surface area contributed by atoms with Crippen LogP contribution in [-0.2, 0) is 16.0 Å². The number of rotatable bonds is 3. The van der Waals surface area contributed by atoms with E-state index in [0.717, 1.165) is 29.4 Å². The highest BCUT2D eigenvalue weighted by atomic mass is 32.1. The van der Waals surface area contributed by atoms with Crippen LogP contribution in [0.4, 0.5) is 4.79 Å². The zero-order chi connectivity index (χ0) is 21.3. The number of likely N-dealkylation sites (N-methyl/N-ethyl adjacent to an activating group) is 1. The molecule has 2 amide bonds. The zero-order valence-corrected chi connectivity index (χ0v) is 19.1. The molecule has 2 heterocycles. The molecular weight excluding hydrogens is 384 g/mol. The van der Waals surface area contributed by atoms with E-state index < -0.39 is 5.60 Å². The van der Waals surface area contributed by atoms with E-state index in [2.05, 4.69) is 30.5 Å². The van der Waals surface area contributed by atoms with Gasteiger partial charge in [0, 0.05) is 25.3 Å². The van der Waals surface area contributed by atoms with Gasteiger partial charge in [0.25, 0.3) is 0 Å². The predicted octanol–water partition coefficient (Wildman–Crippen LogP) is 5.24. The fourth-order valence-corrected chi connectivity index (χ4v) is 4.73. The van der Waals surface area contributed by atoms with Crippen molar-refractivity contribution in [1.29, 1.82) is 0 Å². The summed E-state index contributed by atoms with van der Waals surface area (Å²) in [7, 11) is 3.56. The number of amides is 2. The summed E-state index contributed by atoms with van der Waals surface area (Å²) in [6, 6.07) is 6.41. The minimum absolute atomic E-state index is 0.00255. The molecule has 29 heavy (non-hydrogen) atoms. The van der Waals surface area contributed by atoms with Crippen molar-refractivity contribution < 1.29 is 14.3 Å². The van der Waals surface area contributed by atoms with Crippen LogP contribution in [0.25, 0.3) is 10.1 Å². The van der Waals surface area contributed by atoms with Crippen LogP contribution in [0.1, 0.15) is 57.7 Å². The van der Waals surface area contributed by atoms with Crippen LogP contribution < -0.4 is 0 Å². The molecule has 3 rings (SSSR count). The molecule has 1 saturated heterocycles. The second-order valence-corrected chi connectivity index (χ2v) is 10.2. The maximum atomic E-state index is 12.9. The summed E-state index contributed by atoms with van der Waals surface area (Å²) in [5.74, 6) is 0.550. The number of piperidine rings is 1. The number of fused-ring (bicyclic) bond motifs is 1. The molecule has 0 aliphatic carbocycles. The van der Waals surface area contributed by atoms with Gasteiger partial charge < -0.3 is 14.5 Å². The average molecular weight is 417 g/mol. The summed E-state index contributed by atoms with van der Waals surface area (Å²) in [4.78, 5) is 28.6. The summed E-state index contributed by atoms with van der Waals surface area (Å²) in [6.45, 7) is 8.59. The number of thiophene rings is 1. The smallest absolute Gasteiger partial charge is 0.410 e. The monoisotopic (exact) mass is 416 g/mol. The molecule has 1 aliphatic heterocycles. The number of benzene rings is 1. The summed E-state index contributed by atoms with van der Waals surface area (Å²) in [6.07, 6.45) is 2.15. The molecule has 5 nitrogen and oxygen atoms in total. The van der Waals surface area contributed by atoms with Gasteiger partial charge in [0.1, 0.15) is 5.60 Å². The molecular formula is C23H32N2O3S. The fraction of sp³-hybridized carbons (Fsp3) is 0.565. The first-order valence-corrected chi connectivity index (χ1v) is 11.1. The first kappa shape index (κ1) is 21.6. The molecule has 2 atom stereocenters. The first-order chi connectivity index (χ1) is 13.5. The number of carbonyl (C=O) groups is 2. The van der Waals surface area contributed by atoms with Crippen molar-refractivity contribution in [2.45, 2.75) is 58.6 Å². The summed E-state index contributed by atoms with van der Waals surface area (Å²) < 4.78 is 6.86.